The lowest BCUT2D eigenvalue weighted by molar-refractivity contribution is 0.00590. The van der Waals surface area contributed by atoms with Crippen LogP contribution < -0.4 is 4.74 Å². The topological polar surface area (TPSA) is 101 Å². The number of carbonyl (C=O) groups excluding carboxylic acids is 1. The lowest BCUT2D eigenvalue weighted by Gasteiger charge is -2.43. The van der Waals surface area contributed by atoms with E-state index >= 15 is 0 Å². The number of benzene rings is 2. The number of fused-ring (bicyclic) bond motifs is 1. The van der Waals surface area contributed by atoms with Gasteiger partial charge in [-0.2, -0.15) is 4.31 Å². The molecule has 152 valence electrons. The van der Waals surface area contributed by atoms with Gasteiger partial charge in [0.25, 0.3) is 0 Å². The maximum absolute atomic E-state index is 12.9. The SMILES string of the molecule is O=C(O)c1ccc(S(=O)(=O)N2CCC3(CC2)CC(=O)c2cc(Cl)ccc2O3)cc1. The number of halogens is 1. The number of piperidine rings is 1. The van der Waals surface area contributed by atoms with Crippen molar-refractivity contribution in [1.29, 1.82) is 0 Å². The van der Waals surface area contributed by atoms with Gasteiger partial charge >= 0.3 is 5.97 Å². The smallest absolute Gasteiger partial charge is 0.335 e. The molecule has 7 nitrogen and oxygen atoms in total. The highest BCUT2D eigenvalue weighted by molar-refractivity contribution is 7.89. The summed E-state index contributed by atoms with van der Waals surface area (Å²) in [5.41, 5.74) is -0.247. The number of hydrogen-bond acceptors (Lipinski definition) is 5. The van der Waals surface area contributed by atoms with E-state index in [4.69, 9.17) is 21.4 Å². The van der Waals surface area contributed by atoms with Crippen molar-refractivity contribution in [2.24, 2.45) is 0 Å². The van der Waals surface area contributed by atoms with E-state index in [1.165, 1.54) is 28.6 Å². The summed E-state index contributed by atoms with van der Waals surface area (Å²) in [7, 11) is -3.76. The first kappa shape index (κ1) is 19.9. The molecule has 2 aliphatic heterocycles. The number of rotatable bonds is 3. The van der Waals surface area contributed by atoms with Gasteiger partial charge in [0.05, 0.1) is 22.4 Å². The summed E-state index contributed by atoms with van der Waals surface area (Å²) in [6.07, 6.45) is 0.946. The first-order valence-corrected chi connectivity index (χ1v) is 10.9. The number of carbonyl (C=O) groups is 2. The van der Waals surface area contributed by atoms with Crippen LogP contribution in [0.25, 0.3) is 0 Å². The molecule has 0 saturated carbocycles. The third-order valence-corrected chi connectivity index (χ3v) is 7.57. The van der Waals surface area contributed by atoms with Crippen LogP contribution in [0.1, 0.15) is 40.0 Å². The van der Waals surface area contributed by atoms with Crippen LogP contribution in [0.2, 0.25) is 5.02 Å². The Morgan fingerprint density at radius 2 is 1.76 bits per heavy atom. The van der Waals surface area contributed by atoms with Crippen molar-refractivity contribution in [2.45, 2.75) is 29.8 Å². The van der Waals surface area contributed by atoms with Gasteiger partial charge in [-0.1, -0.05) is 11.6 Å². The molecule has 0 radical (unpaired) electrons. The second-order valence-corrected chi connectivity index (χ2v) is 9.63. The fourth-order valence-corrected chi connectivity index (χ4v) is 5.41. The summed E-state index contributed by atoms with van der Waals surface area (Å²) in [6, 6.07) is 10.0. The molecule has 1 fully saturated rings. The van der Waals surface area contributed by atoms with Crippen LogP contribution in [0.15, 0.2) is 47.4 Å². The van der Waals surface area contributed by atoms with Crippen molar-refractivity contribution in [2.75, 3.05) is 13.1 Å². The molecule has 29 heavy (non-hydrogen) atoms. The number of nitrogens with zero attached hydrogens (tertiary/aromatic N) is 1. The molecule has 0 atom stereocenters. The second-order valence-electron chi connectivity index (χ2n) is 7.26. The first-order valence-electron chi connectivity index (χ1n) is 9.06. The van der Waals surface area contributed by atoms with Gasteiger partial charge in [0.2, 0.25) is 10.0 Å². The average Bonchev–Trinajstić information content (AvgIpc) is 2.69. The lowest BCUT2D eigenvalue weighted by Crippen LogP contribution is -2.52. The largest absolute Gasteiger partial charge is 0.486 e. The maximum Gasteiger partial charge on any atom is 0.335 e. The predicted octanol–water partition coefficient (Wildman–Crippen LogP) is 3.23. The van der Waals surface area contributed by atoms with Gasteiger partial charge in [0, 0.05) is 31.0 Å². The Kier molecular flexibility index (Phi) is 4.88. The molecule has 2 aromatic carbocycles. The molecular weight excluding hydrogens is 418 g/mol. The molecule has 0 amide bonds. The average molecular weight is 436 g/mol. The molecule has 9 heteroatoms. The monoisotopic (exact) mass is 435 g/mol. The Labute approximate surface area is 172 Å². The molecule has 1 spiro atoms. The molecule has 2 aromatic rings. The van der Waals surface area contributed by atoms with Gasteiger partial charge in [0.15, 0.2) is 5.78 Å². The number of aromatic carboxylic acids is 1. The predicted molar refractivity (Wildman–Crippen MR) is 105 cm³/mol. The van der Waals surface area contributed by atoms with Gasteiger partial charge in [-0.15, -0.1) is 0 Å². The van der Waals surface area contributed by atoms with E-state index < -0.39 is 21.6 Å². The van der Waals surface area contributed by atoms with E-state index in [1.807, 2.05) is 0 Å². The summed E-state index contributed by atoms with van der Waals surface area (Å²) in [6.45, 7) is 0.415. The Bertz CT molecular complexity index is 1090. The maximum atomic E-state index is 12.9. The van der Waals surface area contributed by atoms with Gasteiger partial charge in [-0.3, -0.25) is 4.79 Å². The fraction of sp³-hybridized carbons (Fsp3) is 0.300. The minimum atomic E-state index is -3.76. The highest BCUT2D eigenvalue weighted by Crippen LogP contribution is 2.40. The number of carboxylic acids is 1. The minimum absolute atomic E-state index is 0.0226. The highest BCUT2D eigenvalue weighted by Gasteiger charge is 2.45. The number of ether oxygens (including phenoxy) is 1. The van der Waals surface area contributed by atoms with Crippen LogP contribution in [0.4, 0.5) is 0 Å². The van der Waals surface area contributed by atoms with Crippen molar-refractivity contribution < 1.29 is 27.9 Å². The molecule has 0 aromatic heterocycles. The van der Waals surface area contributed by atoms with Gasteiger partial charge in [0.1, 0.15) is 11.4 Å². The summed E-state index contributed by atoms with van der Waals surface area (Å²) in [5, 5.41) is 9.43. The molecule has 0 unspecified atom stereocenters. The van der Waals surface area contributed by atoms with Gasteiger partial charge in [-0.25, -0.2) is 13.2 Å². The van der Waals surface area contributed by atoms with Crippen LogP contribution in [0.5, 0.6) is 5.75 Å². The van der Waals surface area contributed by atoms with Crippen molar-refractivity contribution in [3.63, 3.8) is 0 Å². The highest BCUT2D eigenvalue weighted by atomic mass is 35.5. The number of sulfonamides is 1. The zero-order chi connectivity index (χ0) is 20.8. The number of carboxylic acid groups (broad SMARTS) is 1. The Balaban J connectivity index is 1.51. The molecule has 2 heterocycles. The van der Waals surface area contributed by atoms with E-state index in [0.717, 1.165) is 0 Å². The molecule has 0 aliphatic carbocycles. The second kappa shape index (κ2) is 7.12. The van der Waals surface area contributed by atoms with E-state index in [0.29, 0.717) is 29.2 Å². The Hall–Kier alpha value is -2.42. The third-order valence-electron chi connectivity index (χ3n) is 5.42. The zero-order valence-electron chi connectivity index (χ0n) is 15.3. The molecule has 4 rings (SSSR count). The molecular formula is C20H18ClNO6S. The number of Topliss-reactive ketones (excluding diaryl/α,β-unsaturated/α-hetero) is 1. The van der Waals surface area contributed by atoms with E-state index in [1.54, 1.807) is 18.2 Å². The number of ketones is 1. The van der Waals surface area contributed by atoms with Crippen molar-refractivity contribution >= 4 is 33.4 Å². The quantitative estimate of drug-likeness (QED) is 0.794. The Morgan fingerprint density at radius 1 is 1.10 bits per heavy atom. The molecule has 1 saturated heterocycles. The van der Waals surface area contributed by atoms with Crippen LogP contribution in [0.3, 0.4) is 0 Å². The standard InChI is InChI=1S/C20H18ClNO6S/c21-14-3-6-18-16(11-14)17(23)12-20(28-18)7-9-22(10-8-20)29(26,27)15-4-1-13(2-5-15)19(24)25/h1-6,11H,7-10,12H2,(H,24,25). The molecule has 1 N–H and O–H groups in total. The van der Waals surface area contributed by atoms with Crippen molar-refractivity contribution in [3.8, 4) is 5.75 Å². The van der Waals surface area contributed by atoms with Crippen molar-refractivity contribution in [1.82, 2.24) is 4.31 Å². The van der Waals surface area contributed by atoms with E-state index in [-0.39, 0.29) is 35.8 Å². The summed E-state index contributed by atoms with van der Waals surface area (Å²) in [4.78, 5) is 23.6. The Morgan fingerprint density at radius 3 is 2.38 bits per heavy atom. The van der Waals surface area contributed by atoms with E-state index in [2.05, 4.69) is 0 Å². The van der Waals surface area contributed by atoms with Crippen LogP contribution in [0, 0.1) is 0 Å². The van der Waals surface area contributed by atoms with Crippen LogP contribution in [-0.4, -0.2) is 48.3 Å². The van der Waals surface area contributed by atoms with E-state index in [9.17, 15) is 18.0 Å². The normalized spacial score (nSPS) is 18.9. The van der Waals surface area contributed by atoms with Gasteiger partial charge < -0.3 is 9.84 Å². The molecule has 0 bridgehead atoms. The van der Waals surface area contributed by atoms with Gasteiger partial charge in [-0.05, 0) is 42.5 Å². The third kappa shape index (κ3) is 3.63. The van der Waals surface area contributed by atoms with Crippen LogP contribution in [-0.2, 0) is 10.0 Å². The number of hydrogen-bond donors (Lipinski definition) is 1. The summed E-state index contributed by atoms with van der Waals surface area (Å²) in [5.74, 6) is -0.699. The van der Waals surface area contributed by atoms with Crippen molar-refractivity contribution in [3.05, 3.63) is 58.6 Å². The lowest BCUT2D eigenvalue weighted by atomic mass is 9.83. The first-order chi connectivity index (χ1) is 13.7. The summed E-state index contributed by atoms with van der Waals surface area (Å²) >= 11 is 5.96. The fourth-order valence-electron chi connectivity index (χ4n) is 3.80. The molecule has 2 aliphatic rings. The zero-order valence-corrected chi connectivity index (χ0v) is 16.9. The minimum Gasteiger partial charge on any atom is -0.486 e. The van der Waals surface area contributed by atoms with Crippen LogP contribution >= 0.6 is 11.6 Å². The summed E-state index contributed by atoms with van der Waals surface area (Å²) < 4.78 is 33.3.